The van der Waals surface area contributed by atoms with Crippen molar-refractivity contribution in [2.24, 2.45) is 23.2 Å². The van der Waals surface area contributed by atoms with E-state index in [9.17, 15) is 4.79 Å². The van der Waals surface area contributed by atoms with E-state index in [1.807, 2.05) is 6.92 Å². The molecular weight excluding hydrogens is 186 g/mol. The van der Waals surface area contributed by atoms with Gasteiger partial charge in [0.15, 0.2) is 0 Å². The van der Waals surface area contributed by atoms with Crippen molar-refractivity contribution in [1.82, 2.24) is 5.32 Å². The lowest BCUT2D eigenvalue weighted by Gasteiger charge is -2.55. The van der Waals surface area contributed by atoms with E-state index in [0.717, 1.165) is 24.3 Å². The van der Waals surface area contributed by atoms with Crippen LogP contribution in [0.15, 0.2) is 0 Å². The van der Waals surface area contributed by atoms with E-state index in [0.29, 0.717) is 5.91 Å². The highest BCUT2D eigenvalue weighted by atomic mass is 16.2. The molecular formula is C13H21NO. The Morgan fingerprint density at radius 1 is 1.13 bits per heavy atom. The molecule has 4 aliphatic carbocycles. The molecule has 84 valence electrons. The van der Waals surface area contributed by atoms with Crippen molar-refractivity contribution in [2.45, 2.75) is 45.4 Å². The summed E-state index contributed by atoms with van der Waals surface area (Å²) in [5.41, 5.74) is 0.0603. The zero-order valence-electron chi connectivity index (χ0n) is 9.59. The van der Waals surface area contributed by atoms with Crippen LogP contribution in [0.3, 0.4) is 0 Å². The second kappa shape index (κ2) is 3.23. The van der Waals surface area contributed by atoms with E-state index in [2.05, 4.69) is 5.32 Å². The molecule has 0 spiro atoms. The third-order valence-electron chi connectivity index (χ3n) is 4.86. The number of hydrogen-bond donors (Lipinski definition) is 1. The fourth-order valence-electron chi connectivity index (χ4n) is 4.74. The lowest BCUT2D eigenvalue weighted by Crippen LogP contribution is -2.53. The summed E-state index contributed by atoms with van der Waals surface area (Å²) in [7, 11) is 0. The van der Waals surface area contributed by atoms with Gasteiger partial charge in [0.2, 0.25) is 5.91 Å². The van der Waals surface area contributed by atoms with Crippen LogP contribution in [0.1, 0.15) is 45.4 Å². The van der Waals surface area contributed by atoms with Gasteiger partial charge in [-0.25, -0.2) is 0 Å². The lowest BCUT2D eigenvalue weighted by molar-refractivity contribution is -0.146. The summed E-state index contributed by atoms with van der Waals surface area (Å²) in [4.78, 5) is 12.2. The molecule has 1 amide bonds. The maximum atomic E-state index is 12.2. The molecule has 0 saturated heterocycles. The summed E-state index contributed by atoms with van der Waals surface area (Å²) in [5.74, 6) is 2.99. The zero-order chi connectivity index (χ0) is 10.5. The van der Waals surface area contributed by atoms with Gasteiger partial charge in [-0.15, -0.1) is 0 Å². The Morgan fingerprint density at radius 2 is 1.60 bits per heavy atom. The Labute approximate surface area is 91.8 Å². The average Bonchev–Trinajstić information content (AvgIpc) is 2.15. The van der Waals surface area contributed by atoms with Crippen molar-refractivity contribution < 1.29 is 4.79 Å². The highest BCUT2D eigenvalue weighted by Gasteiger charge is 2.54. The summed E-state index contributed by atoms with van der Waals surface area (Å²) in [6.45, 7) is 2.82. The largest absolute Gasteiger partial charge is 0.356 e. The van der Waals surface area contributed by atoms with Crippen molar-refractivity contribution in [3.8, 4) is 0 Å². The molecule has 0 unspecified atom stereocenters. The molecule has 2 nitrogen and oxygen atoms in total. The molecule has 0 aliphatic heterocycles. The van der Waals surface area contributed by atoms with Crippen molar-refractivity contribution in [1.29, 1.82) is 0 Å². The van der Waals surface area contributed by atoms with Gasteiger partial charge < -0.3 is 5.32 Å². The van der Waals surface area contributed by atoms with Crippen LogP contribution in [0.25, 0.3) is 0 Å². The Bertz CT molecular complexity index is 249. The molecule has 2 heteroatoms. The molecule has 1 N–H and O–H groups in total. The Balaban J connectivity index is 1.83. The lowest BCUT2D eigenvalue weighted by atomic mass is 9.49. The van der Waals surface area contributed by atoms with E-state index in [-0.39, 0.29) is 5.41 Å². The van der Waals surface area contributed by atoms with Crippen LogP contribution < -0.4 is 5.32 Å². The van der Waals surface area contributed by atoms with Gasteiger partial charge in [0.1, 0.15) is 0 Å². The molecule has 15 heavy (non-hydrogen) atoms. The van der Waals surface area contributed by atoms with Gasteiger partial charge in [0.05, 0.1) is 0 Å². The first-order valence-corrected chi connectivity index (χ1v) is 6.50. The first-order valence-electron chi connectivity index (χ1n) is 6.50. The molecule has 4 rings (SSSR count). The summed E-state index contributed by atoms with van der Waals surface area (Å²) < 4.78 is 0. The van der Waals surface area contributed by atoms with E-state index in [1.54, 1.807) is 0 Å². The summed E-state index contributed by atoms with van der Waals surface area (Å²) >= 11 is 0. The van der Waals surface area contributed by atoms with Gasteiger partial charge in [-0.3, -0.25) is 4.79 Å². The third-order valence-corrected chi connectivity index (χ3v) is 4.86. The minimum absolute atomic E-state index is 0.0603. The third kappa shape index (κ3) is 1.41. The summed E-state index contributed by atoms with van der Waals surface area (Å²) in [5, 5.41) is 3.06. The normalized spacial score (nSPS) is 46.9. The standard InChI is InChI=1S/C13H21NO/c1-2-14-12(15)13-6-9-3-10(7-13)5-11(4-9)8-13/h9-11H,2-8H2,1H3,(H,14,15). The maximum absolute atomic E-state index is 12.2. The molecule has 4 fully saturated rings. The quantitative estimate of drug-likeness (QED) is 0.740. The monoisotopic (exact) mass is 207 g/mol. The SMILES string of the molecule is CCNC(=O)C12CC3CC(CC(C3)C1)C2. The molecule has 0 aromatic carbocycles. The fourth-order valence-corrected chi connectivity index (χ4v) is 4.74. The number of carbonyl (C=O) groups is 1. The molecule has 0 aromatic rings. The molecule has 0 atom stereocenters. The van der Waals surface area contributed by atoms with Crippen molar-refractivity contribution in [3.05, 3.63) is 0 Å². The predicted octanol–water partition coefficient (Wildman–Crippen LogP) is 2.34. The van der Waals surface area contributed by atoms with Crippen LogP contribution >= 0.6 is 0 Å². The summed E-state index contributed by atoms with van der Waals surface area (Å²) in [6.07, 6.45) is 7.80. The minimum atomic E-state index is 0.0603. The van der Waals surface area contributed by atoms with Gasteiger partial charge >= 0.3 is 0 Å². The second-order valence-corrected chi connectivity index (χ2v) is 6.06. The smallest absolute Gasteiger partial charge is 0.226 e. The zero-order valence-corrected chi connectivity index (χ0v) is 9.59. The van der Waals surface area contributed by atoms with E-state index < -0.39 is 0 Å². The van der Waals surface area contributed by atoms with Gasteiger partial charge in [-0.1, -0.05) is 0 Å². The highest BCUT2D eigenvalue weighted by molar-refractivity contribution is 5.83. The van der Waals surface area contributed by atoms with E-state index in [4.69, 9.17) is 0 Å². The Morgan fingerprint density at radius 3 is 2.00 bits per heavy atom. The maximum Gasteiger partial charge on any atom is 0.226 e. The van der Waals surface area contributed by atoms with Gasteiger partial charge in [0.25, 0.3) is 0 Å². The summed E-state index contributed by atoms with van der Waals surface area (Å²) in [6, 6.07) is 0. The Hall–Kier alpha value is -0.530. The van der Waals surface area contributed by atoms with Crippen LogP contribution in [0.4, 0.5) is 0 Å². The van der Waals surface area contributed by atoms with Crippen LogP contribution in [-0.4, -0.2) is 12.5 Å². The van der Waals surface area contributed by atoms with Gasteiger partial charge in [-0.05, 0) is 63.2 Å². The van der Waals surface area contributed by atoms with E-state index in [1.165, 1.54) is 38.5 Å². The van der Waals surface area contributed by atoms with Crippen LogP contribution in [0.5, 0.6) is 0 Å². The number of rotatable bonds is 2. The Kier molecular flexibility index (Phi) is 2.08. The van der Waals surface area contributed by atoms with Crippen molar-refractivity contribution >= 4 is 5.91 Å². The molecule has 4 aliphatic rings. The predicted molar refractivity (Wildman–Crippen MR) is 59.3 cm³/mol. The molecule has 4 bridgehead atoms. The van der Waals surface area contributed by atoms with Crippen LogP contribution in [-0.2, 0) is 4.79 Å². The highest BCUT2D eigenvalue weighted by Crippen LogP contribution is 2.59. The molecule has 0 heterocycles. The number of nitrogens with one attached hydrogen (secondary N) is 1. The fraction of sp³-hybridized carbons (Fsp3) is 0.923. The number of carbonyl (C=O) groups excluding carboxylic acids is 1. The molecule has 0 aromatic heterocycles. The molecule has 0 radical (unpaired) electrons. The number of amides is 1. The van der Waals surface area contributed by atoms with Crippen molar-refractivity contribution in [3.63, 3.8) is 0 Å². The second-order valence-electron chi connectivity index (χ2n) is 6.06. The molecule has 4 saturated carbocycles. The van der Waals surface area contributed by atoms with Crippen LogP contribution in [0.2, 0.25) is 0 Å². The first kappa shape index (κ1) is 9.68. The van der Waals surface area contributed by atoms with Crippen LogP contribution in [0, 0.1) is 23.2 Å². The van der Waals surface area contributed by atoms with E-state index >= 15 is 0 Å². The van der Waals surface area contributed by atoms with Gasteiger partial charge in [-0.2, -0.15) is 0 Å². The average molecular weight is 207 g/mol. The minimum Gasteiger partial charge on any atom is -0.356 e. The van der Waals surface area contributed by atoms with Gasteiger partial charge in [0, 0.05) is 12.0 Å². The number of hydrogen-bond acceptors (Lipinski definition) is 1. The van der Waals surface area contributed by atoms with Crippen molar-refractivity contribution in [2.75, 3.05) is 6.54 Å². The topological polar surface area (TPSA) is 29.1 Å². The first-order chi connectivity index (χ1) is 7.22.